The highest BCUT2D eigenvalue weighted by atomic mass is 79.9. The van der Waals surface area contributed by atoms with Gasteiger partial charge in [-0.25, -0.2) is 5.06 Å². The Labute approximate surface area is 156 Å². The van der Waals surface area contributed by atoms with Crippen molar-refractivity contribution in [3.8, 4) is 0 Å². The maximum Gasteiger partial charge on any atom is 0.278 e. The van der Waals surface area contributed by atoms with E-state index in [0.717, 1.165) is 43.1 Å². The van der Waals surface area contributed by atoms with E-state index in [0.29, 0.717) is 21.6 Å². The Hall–Kier alpha value is -2.02. The summed E-state index contributed by atoms with van der Waals surface area (Å²) in [6, 6.07) is 3.45. The van der Waals surface area contributed by atoms with Gasteiger partial charge in [0.1, 0.15) is 0 Å². The third kappa shape index (κ3) is 4.54. The molecule has 0 atom stereocenters. The van der Waals surface area contributed by atoms with Gasteiger partial charge in [0, 0.05) is 35.2 Å². The molecule has 1 fully saturated rings. The van der Waals surface area contributed by atoms with Gasteiger partial charge in [0.15, 0.2) is 0 Å². The molecule has 1 amide bonds. The SMILES string of the molecule is C=CCC1CCN(c2cc(Br)c(C(=O)N(C)OC)cc2N=[N+]=[N-])CC1. The lowest BCUT2D eigenvalue weighted by Crippen LogP contribution is -2.33. The summed E-state index contributed by atoms with van der Waals surface area (Å²) in [4.78, 5) is 22.4. The van der Waals surface area contributed by atoms with Gasteiger partial charge in [-0.1, -0.05) is 11.2 Å². The van der Waals surface area contributed by atoms with E-state index in [9.17, 15) is 4.79 Å². The van der Waals surface area contributed by atoms with Gasteiger partial charge in [0.25, 0.3) is 5.91 Å². The van der Waals surface area contributed by atoms with Crippen LogP contribution >= 0.6 is 15.9 Å². The first kappa shape index (κ1) is 19.3. The van der Waals surface area contributed by atoms with Gasteiger partial charge < -0.3 is 4.90 Å². The molecule has 0 saturated carbocycles. The molecule has 7 nitrogen and oxygen atoms in total. The Morgan fingerprint density at radius 2 is 2.24 bits per heavy atom. The first-order chi connectivity index (χ1) is 12.0. The summed E-state index contributed by atoms with van der Waals surface area (Å²) in [7, 11) is 2.95. The van der Waals surface area contributed by atoms with E-state index in [1.807, 2.05) is 12.1 Å². The van der Waals surface area contributed by atoms with Crippen molar-refractivity contribution in [1.29, 1.82) is 0 Å². The molecule has 8 heteroatoms. The van der Waals surface area contributed by atoms with Crippen LogP contribution in [0.4, 0.5) is 11.4 Å². The van der Waals surface area contributed by atoms with E-state index in [4.69, 9.17) is 10.4 Å². The molecule has 1 aromatic rings. The molecule has 1 heterocycles. The van der Waals surface area contributed by atoms with Crippen LogP contribution in [-0.2, 0) is 4.84 Å². The minimum atomic E-state index is -0.319. The summed E-state index contributed by atoms with van der Waals surface area (Å²) in [6.07, 6.45) is 5.12. The monoisotopic (exact) mass is 407 g/mol. The standard InChI is InChI=1S/C17H22BrN5O2/c1-4-5-12-6-8-23(9-7-12)16-11-14(18)13(10-15(16)20-21-19)17(24)22(2)25-3/h4,10-12H,1,5-9H2,2-3H3. The van der Waals surface area contributed by atoms with Gasteiger partial charge in [0.05, 0.1) is 18.4 Å². The highest BCUT2D eigenvalue weighted by molar-refractivity contribution is 9.10. The summed E-state index contributed by atoms with van der Waals surface area (Å²) >= 11 is 3.46. The van der Waals surface area contributed by atoms with Crippen LogP contribution in [0, 0.1) is 5.92 Å². The minimum absolute atomic E-state index is 0.319. The fourth-order valence-corrected chi connectivity index (χ4v) is 3.50. The van der Waals surface area contributed by atoms with E-state index in [2.05, 4.69) is 37.4 Å². The molecular formula is C17H22BrN5O2. The largest absolute Gasteiger partial charge is 0.371 e. The summed E-state index contributed by atoms with van der Waals surface area (Å²) in [5.74, 6) is 0.330. The average molecular weight is 408 g/mol. The van der Waals surface area contributed by atoms with Crippen LogP contribution in [0.3, 0.4) is 0 Å². The second-order valence-corrected chi connectivity index (χ2v) is 6.80. The van der Waals surface area contributed by atoms with Gasteiger partial charge in [-0.2, -0.15) is 0 Å². The number of amides is 1. The van der Waals surface area contributed by atoms with Crippen LogP contribution in [0.5, 0.6) is 0 Å². The summed E-state index contributed by atoms with van der Waals surface area (Å²) in [6.45, 7) is 5.57. The number of allylic oxidation sites excluding steroid dienone is 1. The maximum atomic E-state index is 12.4. The van der Waals surface area contributed by atoms with E-state index in [1.54, 1.807) is 6.07 Å². The Morgan fingerprint density at radius 3 is 2.80 bits per heavy atom. The fourth-order valence-electron chi connectivity index (χ4n) is 2.99. The molecule has 1 aromatic carbocycles. The van der Waals surface area contributed by atoms with Crippen molar-refractivity contribution in [3.05, 3.63) is 45.3 Å². The molecule has 0 aliphatic carbocycles. The van der Waals surface area contributed by atoms with Gasteiger partial charge in [-0.15, -0.1) is 6.58 Å². The lowest BCUT2D eigenvalue weighted by Gasteiger charge is -2.34. The maximum absolute atomic E-state index is 12.4. The third-order valence-electron chi connectivity index (χ3n) is 4.46. The second kappa shape index (κ2) is 8.89. The van der Waals surface area contributed by atoms with Gasteiger partial charge in [-0.3, -0.25) is 9.63 Å². The average Bonchev–Trinajstić information content (AvgIpc) is 2.62. The summed E-state index contributed by atoms with van der Waals surface area (Å²) < 4.78 is 0.640. The van der Waals surface area contributed by atoms with Gasteiger partial charge in [-0.05, 0) is 58.8 Å². The number of anilines is 1. The molecule has 134 valence electrons. The zero-order valence-corrected chi connectivity index (χ0v) is 16.1. The molecule has 0 unspecified atom stereocenters. The van der Waals surface area contributed by atoms with Crippen LogP contribution in [-0.4, -0.2) is 38.2 Å². The Balaban J connectivity index is 2.33. The first-order valence-electron chi connectivity index (χ1n) is 8.08. The number of rotatable bonds is 6. The number of halogens is 1. The third-order valence-corrected chi connectivity index (χ3v) is 5.12. The normalized spacial score (nSPS) is 14.8. The summed E-state index contributed by atoms with van der Waals surface area (Å²) in [5.41, 5.74) is 10.6. The number of benzene rings is 1. The number of hydrogen-bond acceptors (Lipinski definition) is 4. The van der Waals surface area contributed by atoms with Crippen LogP contribution in [0.1, 0.15) is 29.6 Å². The molecule has 25 heavy (non-hydrogen) atoms. The predicted octanol–water partition coefficient (Wildman–Crippen LogP) is 4.82. The minimum Gasteiger partial charge on any atom is -0.371 e. The fraction of sp³-hybridized carbons (Fsp3) is 0.471. The highest BCUT2D eigenvalue weighted by Gasteiger charge is 2.23. The molecule has 0 bridgehead atoms. The summed E-state index contributed by atoms with van der Waals surface area (Å²) in [5, 5.41) is 4.92. The molecule has 1 saturated heterocycles. The van der Waals surface area contributed by atoms with Crippen molar-refractivity contribution in [1.82, 2.24) is 5.06 Å². The molecule has 1 aliphatic heterocycles. The van der Waals surface area contributed by atoms with Crippen LogP contribution < -0.4 is 4.90 Å². The second-order valence-electron chi connectivity index (χ2n) is 5.95. The number of hydroxylamine groups is 2. The molecule has 0 radical (unpaired) electrons. The molecule has 0 spiro atoms. The number of carbonyl (C=O) groups is 1. The number of piperidine rings is 1. The topological polar surface area (TPSA) is 81.5 Å². The number of carbonyl (C=O) groups excluding carboxylic acids is 1. The van der Waals surface area contributed by atoms with Crippen LogP contribution in [0.2, 0.25) is 0 Å². The lowest BCUT2D eigenvalue weighted by molar-refractivity contribution is -0.0757. The quantitative estimate of drug-likeness (QED) is 0.223. The van der Waals surface area contributed by atoms with Crippen LogP contribution in [0.25, 0.3) is 10.4 Å². The Morgan fingerprint density at radius 1 is 1.56 bits per heavy atom. The first-order valence-corrected chi connectivity index (χ1v) is 8.87. The van der Waals surface area contributed by atoms with Crippen LogP contribution in [0.15, 0.2) is 34.4 Å². The molecular weight excluding hydrogens is 386 g/mol. The van der Waals surface area contributed by atoms with Crippen molar-refractivity contribution >= 4 is 33.2 Å². The zero-order valence-electron chi connectivity index (χ0n) is 14.5. The van der Waals surface area contributed by atoms with E-state index in [1.165, 1.54) is 14.2 Å². The van der Waals surface area contributed by atoms with Crippen molar-refractivity contribution < 1.29 is 9.63 Å². The molecule has 1 aliphatic rings. The van der Waals surface area contributed by atoms with Crippen molar-refractivity contribution in [2.24, 2.45) is 11.0 Å². The van der Waals surface area contributed by atoms with Gasteiger partial charge >= 0.3 is 0 Å². The molecule has 2 rings (SSSR count). The van der Waals surface area contributed by atoms with Crippen molar-refractivity contribution in [2.45, 2.75) is 19.3 Å². The van der Waals surface area contributed by atoms with E-state index < -0.39 is 0 Å². The van der Waals surface area contributed by atoms with E-state index >= 15 is 0 Å². The van der Waals surface area contributed by atoms with Gasteiger partial charge in [0.2, 0.25) is 0 Å². The molecule has 0 N–H and O–H groups in total. The van der Waals surface area contributed by atoms with Crippen molar-refractivity contribution in [2.75, 3.05) is 32.1 Å². The lowest BCUT2D eigenvalue weighted by atomic mass is 9.93. The molecule has 0 aromatic heterocycles. The smallest absolute Gasteiger partial charge is 0.278 e. The Kier molecular flexibility index (Phi) is 6.87. The number of nitrogens with zero attached hydrogens (tertiary/aromatic N) is 5. The van der Waals surface area contributed by atoms with Crippen molar-refractivity contribution in [3.63, 3.8) is 0 Å². The zero-order chi connectivity index (χ0) is 18.4. The number of azide groups is 1. The highest BCUT2D eigenvalue weighted by Crippen LogP contribution is 2.37. The predicted molar refractivity (Wildman–Crippen MR) is 102 cm³/mol. The van der Waals surface area contributed by atoms with E-state index in [-0.39, 0.29) is 5.91 Å². The number of hydrogen-bond donors (Lipinski definition) is 0. The Bertz CT molecular complexity index is 695.